The Balaban J connectivity index is 1.45. The molecule has 0 aliphatic carbocycles. The van der Waals surface area contributed by atoms with Crippen LogP contribution in [-0.2, 0) is 16.0 Å². The van der Waals surface area contributed by atoms with E-state index < -0.39 is 12.2 Å². The molecular weight excluding hydrogens is 327 g/mol. The molecule has 138 valence electrons. The maximum absolute atomic E-state index is 12.9. The van der Waals surface area contributed by atoms with Crippen LogP contribution in [0.25, 0.3) is 0 Å². The highest BCUT2D eigenvalue weighted by Gasteiger charge is 2.36. The second-order valence-corrected chi connectivity index (χ2v) is 6.71. The predicted octanol–water partition coefficient (Wildman–Crippen LogP) is 0.0231. The fourth-order valence-corrected chi connectivity index (χ4v) is 3.45. The molecule has 3 rings (SSSR count). The zero-order chi connectivity index (χ0) is 17.8. The molecule has 2 fully saturated rings. The van der Waals surface area contributed by atoms with Gasteiger partial charge in [0.25, 0.3) is 0 Å². The summed E-state index contributed by atoms with van der Waals surface area (Å²) in [6, 6.07) is 6.00. The smallest absolute Gasteiger partial charge is 0.222 e. The lowest BCUT2D eigenvalue weighted by atomic mass is 10.0. The molecule has 6 nitrogen and oxygen atoms in total. The van der Waals surface area contributed by atoms with E-state index in [0.29, 0.717) is 45.6 Å². The van der Waals surface area contributed by atoms with Crippen LogP contribution in [0.3, 0.4) is 0 Å². The summed E-state index contributed by atoms with van der Waals surface area (Å²) < 4.78 is 18.2. The maximum Gasteiger partial charge on any atom is 0.222 e. The Labute approximate surface area is 146 Å². The lowest BCUT2D eigenvalue weighted by Gasteiger charge is -2.43. The van der Waals surface area contributed by atoms with Crippen molar-refractivity contribution in [3.63, 3.8) is 0 Å². The number of carbonyl (C=O) groups excluding carboxylic acids is 1. The van der Waals surface area contributed by atoms with E-state index in [2.05, 4.69) is 4.90 Å². The van der Waals surface area contributed by atoms with Crippen molar-refractivity contribution in [1.29, 1.82) is 0 Å². The zero-order valence-corrected chi connectivity index (χ0v) is 14.2. The molecule has 0 saturated carbocycles. The molecule has 7 heteroatoms. The van der Waals surface area contributed by atoms with Crippen molar-refractivity contribution in [1.82, 2.24) is 9.80 Å². The number of rotatable bonds is 4. The molecule has 2 aliphatic rings. The van der Waals surface area contributed by atoms with Gasteiger partial charge in [0.1, 0.15) is 11.9 Å². The van der Waals surface area contributed by atoms with Gasteiger partial charge in [-0.3, -0.25) is 9.69 Å². The van der Waals surface area contributed by atoms with Crippen LogP contribution in [-0.4, -0.2) is 83.6 Å². The molecule has 25 heavy (non-hydrogen) atoms. The molecule has 0 unspecified atom stereocenters. The van der Waals surface area contributed by atoms with Gasteiger partial charge in [-0.15, -0.1) is 0 Å². The number of hydrogen-bond acceptors (Lipinski definition) is 5. The third-order valence-corrected chi connectivity index (χ3v) is 5.04. The third kappa shape index (κ3) is 4.55. The number of ether oxygens (including phenoxy) is 1. The van der Waals surface area contributed by atoms with Crippen molar-refractivity contribution in [2.75, 3.05) is 39.4 Å². The number of aliphatic hydroxyl groups is 2. The summed E-state index contributed by atoms with van der Waals surface area (Å²) in [5, 5.41) is 19.8. The number of benzene rings is 1. The Bertz CT molecular complexity index is 575. The Morgan fingerprint density at radius 3 is 2.48 bits per heavy atom. The van der Waals surface area contributed by atoms with Gasteiger partial charge in [-0.1, -0.05) is 12.1 Å². The van der Waals surface area contributed by atoms with Crippen molar-refractivity contribution in [2.24, 2.45) is 0 Å². The van der Waals surface area contributed by atoms with Crippen LogP contribution in [0.15, 0.2) is 24.3 Å². The molecule has 3 atom stereocenters. The minimum Gasteiger partial charge on any atom is -0.389 e. The van der Waals surface area contributed by atoms with Gasteiger partial charge in [0, 0.05) is 32.6 Å². The van der Waals surface area contributed by atoms with Crippen LogP contribution in [0.5, 0.6) is 0 Å². The van der Waals surface area contributed by atoms with Crippen LogP contribution in [0.4, 0.5) is 4.39 Å². The third-order valence-electron chi connectivity index (χ3n) is 5.04. The van der Waals surface area contributed by atoms with E-state index in [9.17, 15) is 19.4 Å². The monoisotopic (exact) mass is 352 g/mol. The first-order valence-electron chi connectivity index (χ1n) is 8.75. The van der Waals surface area contributed by atoms with Crippen LogP contribution in [0, 0.1) is 5.82 Å². The van der Waals surface area contributed by atoms with Crippen LogP contribution < -0.4 is 0 Å². The average molecular weight is 352 g/mol. The summed E-state index contributed by atoms with van der Waals surface area (Å²) in [5.74, 6) is -0.186. The molecule has 2 saturated heterocycles. The SMILES string of the molecule is O=C(CCc1ccc(F)cc1)N1CCN([C@@H]2COC[C@@H](O)[C@H]2O)CC1. The largest absolute Gasteiger partial charge is 0.389 e. The highest BCUT2D eigenvalue weighted by molar-refractivity contribution is 5.76. The number of carbonyl (C=O) groups is 1. The quantitative estimate of drug-likeness (QED) is 0.800. The molecule has 0 bridgehead atoms. The highest BCUT2D eigenvalue weighted by atomic mass is 19.1. The van der Waals surface area contributed by atoms with Gasteiger partial charge in [-0.25, -0.2) is 4.39 Å². The lowest BCUT2D eigenvalue weighted by Crippen LogP contribution is -2.60. The minimum absolute atomic E-state index is 0.0875. The number of amides is 1. The van der Waals surface area contributed by atoms with Crippen molar-refractivity contribution in [2.45, 2.75) is 31.1 Å². The fourth-order valence-electron chi connectivity index (χ4n) is 3.45. The number of piperazine rings is 1. The number of aryl methyl sites for hydroxylation is 1. The van der Waals surface area contributed by atoms with Gasteiger partial charge in [0.05, 0.1) is 25.4 Å². The van der Waals surface area contributed by atoms with Gasteiger partial charge in [0.2, 0.25) is 5.91 Å². The first-order valence-corrected chi connectivity index (χ1v) is 8.75. The highest BCUT2D eigenvalue weighted by Crippen LogP contribution is 2.17. The summed E-state index contributed by atoms with van der Waals surface area (Å²) in [4.78, 5) is 16.3. The molecule has 2 heterocycles. The Kier molecular flexibility index (Phi) is 6.01. The molecule has 2 aliphatic heterocycles. The predicted molar refractivity (Wildman–Crippen MR) is 89.5 cm³/mol. The minimum atomic E-state index is -0.853. The van der Waals surface area contributed by atoms with Crippen LogP contribution >= 0.6 is 0 Å². The van der Waals surface area contributed by atoms with Gasteiger partial charge in [0.15, 0.2) is 0 Å². The second-order valence-electron chi connectivity index (χ2n) is 6.71. The summed E-state index contributed by atoms with van der Waals surface area (Å²) in [7, 11) is 0. The van der Waals surface area contributed by atoms with E-state index in [4.69, 9.17) is 4.74 Å². The lowest BCUT2D eigenvalue weighted by molar-refractivity contribution is -0.144. The van der Waals surface area contributed by atoms with Crippen LogP contribution in [0.1, 0.15) is 12.0 Å². The summed E-state index contributed by atoms with van der Waals surface area (Å²) in [6.45, 7) is 3.07. The molecule has 1 aromatic carbocycles. The number of hydrogen-bond donors (Lipinski definition) is 2. The first-order chi connectivity index (χ1) is 12.0. The van der Waals surface area contributed by atoms with Gasteiger partial charge < -0.3 is 19.8 Å². The second kappa shape index (κ2) is 8.23. The Morgan fingerprint density at radius 2 is 1.80 bits per heavy atom. The summed E-state index contributed by atoms with van der Waals surface area (Å²) in [6.07, 6.45) is -0.663. The Morgan fingerprint density at radius 1 is 1.12 bits per heavy atom. The fraction of sp³-hybridized carbons (Fsp3) is 0.611. The molecule has 0 spiro atoms. The number of halogens is 1. The van der Waals surface area contributed by atoms with Crippen molar-refractivity contribution in [3.05, 3.63) is 35.6 Å². The molecule has 1 aromatic rings. The standard InChI is InChI=1S/C18H25FN2O4/c19-14-4-1-13(2-5-14)3-6-17(23)21-9-7-20(8-10-21)15-11-25-12-16(22)18(15)24/h1-2,4-5,15-16,18,22,24H,3,6-12H2/t15-,16-,18+/m1/s1. The maximum atomic E-state index is 12.9. The van der Waals surface area contributed by atoms with Crippen molar-refractivity contribution in [3.8, 4) is 0 Å². The van der Waals surface area contributed by atoms with E-state index >= 15 is 0 Å². The number of nitrogens with zero attached hydrogens (tertiary/aromatic N) is 2. The topological polar surface area (TPSA) is 73.2 Å². The first kappa shape index (κ1) is 18.3. The van der Waals surface area contributed by atoms with E-state index in [1.165, 1.54) is 12.1 Å². The van der Waals surface area contributed by atoms with Crippen LogP contribution in [0.2, 0.25) is 0 Å². The van der Waals surface area contributed by atoms with E-state index in [1.54, 1.807) is 12.1 Å². The Hall–Kier alpha value is -1.54. The molecule has 2 N–H and O–H groups in total. The van der Waals surface area contributed by atoms with E-state index in [-0.39, 0.29) is 24.4 Å². The van der Waals surface area contributed by atoms with Gasteiger partial charge in [-0.05, 0) is 24.1 Å². The average Bonchev–Trinajstić information content (AvgIpc) is 2.63. The summed E-state index contributed by atoms with van der Waals surface area (Å²) in [5.41, 5.74) is 0.949. The van der Waals surface area contributed by atoms with Gasteiger partial charge in [-0.2, -0.15) is 0 Å². The van der Waals surface area contributed by atoms with E-state index in [0.717, 1.165) is 5.56 Å². The zero-order valence-electron chi connectivity index (χ0n) is 14.2. The molecule has 0 radical (unpaired) electrons. The van der Waals surface area contributed by atoms with Crippen molar-refractivity contribution >= 4 is 5.91 Å². The van der Waals surface area contributed by atoms with Crippen molar-refractivity contribution < 1.29 is 24.1 Å². The number of aliphatic hydroxyl groups excluding tert-OH is 2. The van der Waals surface area contributed by atoms with E-state index in [1.807, 2.05) is 4.90 Å². The van der Waals surface area contributed by atoms with Gasteiger partial charge >= 0.3 is 0 Å². The molecule has 1 amide bonds. The molecule has 0 aromatic heterocycles. The normalized spacial score (nSPS) is 28.1. The molecular formula is C18H25FN2O4. The summed E-state index contributed by atoms with van der Waals surface area (Å²) >= 11 is 0.